The highest BCUT2D eigenvalue weighted by Gasteiger charge is 2.27. The van der Waals surface area contributed by atoms with Crippen LogP contribution in [0.3, 0.4) is 0 Å². The Labute approximate surface area is 186 Å². The van der Waals surface area contributed by atoms with Crippen LogP contribution in [-0.4, -0.2) is 33.2 Å². The second kappa shape index (κ2) is 9.33. The summed E-state index contributed by atoms with van der Waals surface area (Å²) in [7, 11) is 0. The molecule has 1 fully saturated rings. The van der Waals surface area contributed by atoms with Crippen LogP contribution in [0.15, 0.2) is 41.7 Å². The van der Waals surface area contributed by atoms with E-state index < -0.39 is 0 Å². The molecule has 0 atom stereocenters. The van der Waals surface area contributed by atoms with Gasteiger partial charge in [0.1, 0.15) is 18.0 Å². The summed E-state index contributed by atoms with van der Waals surface area (Å²) in [5, 5.41) is 4.09. The highest BCUT2D eigenvalue weighted by atomic mass is 19.1. The quantitative estimate of drug-likeness (QED) is 0.544. The lowest BCUT2D eigenvalue weighted by atomic mass is 9.96. The maximum Gasteiger partial charge on any atom is 0.253 e. The number of benzene rings is 1. The maximum atomic E-state index is 13.1. The first-order valence-electron chi connectivity index (χ1n) is 10.7. The molecule has 32 heavy (non-hydrogen) atoms. The molecule has 1 aromatic carbocycles. The second-order valence-electron chi connectivity index (χ2n) is 8.22. The number of anilines is 1. The van der Waals surface area contributed by atoms with Crippen molar-refractivity contribution in [2.24, 2.45) is 0 Å². The molecule has 0 amide bonds. The number of aromatic nitrogens is 4. The molecule has 0 unspecified atom stereocenters. The first-order valence-corrected chi connectivity index (χ1v) is 10.7. The fraction of sp³-hybridized carbons (Fsp3) is 0.391. The Hall–Kier alpha value is -3.49. The molecule has 0 saturated carbocycles. The normalized spacial score (nSPS) is 14.6. The Kier molecular flexibility index (Phi) is 6.34. The third kappa shape index (κ3) is 4.71. The Balaban J connectivity index is 1.38. The van der Waals surface area contributed by atoms with Gasteiger partial charge >= 0.3 is 0 Å². The van der Waals surface area contributed by atoms with Crippen molar-refractivity contribution in [3.05, 3.63) is 65.8 Å². The molecule has 1 aliphatic heterocycles. The molecule has 1 saturated heterocycles. The molecule has 4 rings (SSSR count). The largest absolute Gasteiger partial charge is 0.361 e. The Morgan fingerprint density at radius 3 is 2.59 bits per heavy atom. The minimum Gasteiger partial charge on any atom is -0.361 e. The molecular weight excluding hydrogens is 411 g/mol. The standard InChI is InChI=1S/C23H27FN6O2/c1-14(2)20-27-23(32-29-20)18-9-11-30(12-10-18)21-15(3)22(26-13-25-21)31-28-16(4)17-5-7-19(24)8-6-17/h5-8,13-14,18,28H,4,9-12H2,1-3H3. The van der Waals surface area contributed by atoms with Crippen molar-refractivity contribution in [3.63, 3.8) is 0 Å². The van der Waals surface area contributed by atoms with Crippen molar-refractivity contribution in [1.29, 1.82) is 0 Å². The number of nitrogens with zero attached hydrogens (tertiary/aromatic N) is 5. The van der Waals surface area contributed by atoms with Crippen molar-refractivity contribution in [1.82, 2.24) is 25.6 Å². The molecule has 0 aliphatic carbocycles. The van der Waals surface area contributed by atoms with Gasteiger partial charge in [-0.1, -0.05) is 25.6 Å². The SMILES string of the molecule is C=C(NOc1ncnc(N2CCC(c3nc(C(C)C)no3)CC2)c1C)c1ccc(F)cc1. The predicted molar refractivity (Wildman–Crippen MR) is 119 cm³/mol. The molecule has 3 aromatic rings. The zero-order valence-electron chi connectivity index (χ0n) is 18.5. The summed E-state index contributed by atoms with van der Waals surface area (Å²) < 4.78 is 18.6. The molecule has 168 valence electrons. The topological polar surface area (TPSA) is 89.2 Å². The van der Waals surface area contributed by atoms with E-state index in [2.05, 4.69) is 50.9 Å². The number of hydroxylamine groups is 1. The fourth-order valence-corrected chi connectivity index (χ4v) is 3.65. The van der Waals surface area contributed by atoms with Gasteiger partial charge in [-0.05, 0) is 44.0 Å². The third-order valence-corrected chi connectivity index (χ3v) is 5.59. The first-order chi connectivity index (χ1) is 15.4. The van der Waals surface area contributed by atoms with Crippen molar-refractivity contribution < 1.29 is 13.8 Å². The van der Waals surface area contributed by atoms with Crippen LogP contribution < -0.4 is 15.2 Å². The van der Waals surface area contributed by atoms with Crippen LogP contribution >= 0.6 is 0 Å². The number of nitrogens with one attached hydrogen (secondary N) is 1. The van der Waals surface area contributed by atoms with Gasteiger partial charge in [-0.15, -0.1) is 0 Å². The minimum absolute atomic E-state index is 0.252. The van der Waals surface area contributed by atoms with Crippen LogP contribution in [-0.2, 0) is 0 Å². The maximum absolute atomic E-state index is 13.1. The average molecular weight is 439 g/mol. The van der Waals surface area contributed by atoms with Gasteiger partial charge in [0.2, 0.25) is 5.89 Å². The van der Waals surface area contributed by atoms with Crippen LogP contribution in [0, 0.1) is 12.7 Å². The number of hydrogen-bond acceptors (Lipinski definition) is 8. The lowest BCUT2D eigenvalue weighted by Crippen LogP contribution is -2.34. The molecule has 9 heteroatoms. The summed E-state index contributed by atoms with van der Waals surface area (Å²) in [6.07, 6.45) is 3.29. The zero-order chi connectivity index (χ0) is 22.7. The molecule has 1 aliphatic rings. The van der Waals surface area contributed by atoms with Crippen LogP contribution in [0.4, 0.5) is 10.2 Å². The van der Waals surface area contributed by atoms with Crippen LogP contribution in [0.2, 0.25) is 0 Å². The van der Waals surface area contributed by atoms with Gasteiger partial charge in [0.15, 0.2) is 5.82 Å². The van der Waals surface area contributed by atoms with E-state index in [1.54, 1.807) is 12.1 Å². The predicted octanol–water partition coefficient (Wildman–Crippen LogP) is 4.37. The van der Waals surface area contributed by atoms with E-state index in [0.717, 1.165) is 54.6 Å². The van der Waals surface area contributed by atoms with Gasteiger partial charge in [0.25, 0.3) is 5.88 Å². The van der Waals surface area contributed by atoms with E-state index in [1.165, 1.54) is 18.5 Å². The lowest BCUT2D eigenvalue weighted by Gasteiger charge is -2.32. The van der Waals surface area contributed by atoms with Crippen LogP contribution in [0.1, 0.15) is 61.4 Å². The van der Waals surface area contributed by atoms with Crippen LogP contribution in [0.25, 0.3) is 5.70 Å². The van der Waals surface area contributed by atoms with E-state index in [1.807, 2.05) is 6.92 Å². The number of hydrogen-bond donors (Lipinski definition) is 1. The van der Waals surface area contributed by atoms with Gasteiger partial charge in [-0.3, -0.25) is 0 Å². The average Bonchev–Trinajstić information content (AvgIpc) is 3.30. The second-order valence-corrected chi connectivity index (χ2v) is 8.22. The summed E-state index contributed by atoms with van der Waals surface area (Å²) >= 11 is 0. The minimum atomic E-state index is -0.304. The van der Waals surface area contributed by atoms with E-state index >= 15 is 0 Å². The molecule has 0 bridgehead atoms. The van der Waals surface area contributed by atoms with E-state index in [0.29, 0.717) is 11.6 Å². The number of rotatable bonds is 7. The molecule has 3 heterocycles. The van der Waals surface area contributed by atoms with Crippen molar-refractivity contribution in [2.45, 2.75) is 45.4 Å². The Bertz CT molecular complexity index is 1070. The summed E-state index contributed by atoms with van der Waals surface area (Å²) in [4.78, 5) is 21.2. The molecule has 8 nitrogen and oxygen atoms in total. The van der Waals surface area contributed by atoms with Crippen molar-refractivity contribution >= 4 is 11.5 Å². The van der Waals surface area contributed by atoms with E-state index in [9.17, 15) is 4.39 Å². The van der Waals surface area contributed by atoms with Gasteiger partial charge in [0.05, 0.1) is 11.3 Å². The summed E-state index contributed by atoms with van der Waals surface area (Å²) in [5.41, 5.74) is 4.85. The van der Waals surface area contributed by atoms with Crippen molar-refractivity contribution in [2.75, 3.05) is 18.0 Å². The van der Waals surface area contributed by atoms with Gasteiger partial charge in [-0.2, -0.15) is 9.97 Å². The summed E-state index contributed by atoms with van der Waals surface area (Å²) in [6.45, 7) is 11.6. The van der Waals surface area contributed by atoms with Crippen LogP contribution in [0.5, 0.6) is 5.88 Å². The Morgan fingerprint density at radius 2 is 1.94 bits per heavy atom. The molecular formula is C23H27FN6O2. The summed E-state index contributed by atoms with van der Waals surface area (Å²) in [6, 6.07) is 6.00. The molecule has 0 radical (unpaired) electrons. The lowest BCUT2D eigenvalue weighted by molar-refractivity contribution is 0.239. The molecule has 0 spiro atoms. The summed E-state index contributed by atoms with van der Waals surface area (Å²) in [5.74, 6) is 2.93. The highest BCUT2D eigenvalue weighted by Crippen LogP contribution is 2.32. The van der Waals surface area contributed by atoms with Gasteiger partial charge < -0.3 is 14.3 Å². The smallest absolute Gasteiger partial charge is 0.253 e. The Morgan fingerprint density at radius 1 is 1.22 bits per heavy atom. The van der Waals surface area contributed by atoms with Crippen molar-refractivity contribution in [3.8, 4) is 5.88 Å². The van der Waals surface area contributed by atoms with E-state index in [-0.39, 0.29) is 17.7 Å². The third-order valence-electron chi connectivity index (χ3n) is 5.59. The highest BCUT2D eigenvalue weighted by molar-refractivity contribution is 5.61. The number of piperidine rings is 1. The van der Waals surface area contributed by atoms with Gasteiger partial charge in [0, 0.05) is 30.5 Å². The molecule has 2 aromatic heterocycles. The fourth-order valence-electron chi connectivity index (χ4n) is 3.65. The zero-order valence-corrected chi connectivity index (χ0v) is 18.5. The van der Waals surface area contributed by atoms with Gasteiger partial charge in [-0.25, -0.2) is 14.9 Å². The number of halogens is 1. The monoisotopic (exact) mass is 438 g/mol. The van der Waals surface area contributed by atoms with E-state index in [4.69, 9.17) is 9.36 Å². The molecule has 1 N–H and O–H groups in total. The first kappa shape index (κ1) is 21.7.